The lowest BCUT2D eigenvalue weighted by Gasteiger charge is -2.33. The predicted molar refractivity (Wildman–Crippen MR) is 65.0 cm³/mol. The number of esters is 1. The fraction of sp³-hybridized carbons (Fsp3) is 0.462. The molecule has 1 aliphatic carbocycles. The van der Waals surface area contributed by atoms with Crippen molar-refractivity contribution in [2.75, 3.05) is 12.8 Å². The van der Waals surface area contributed by atoms with Crippen LogP contribution in [0.3, 0.4) is 0 Å². The Bertz CT molecular complexity index is 473. The molecule has 1 saturated carbocycles. The number of benzene rings is 1. The Kier molecular flexibility index (Phi) is 3.87. The Labute approximate surface area is 109 Å². The van der Waals surface area contributed by atoms with E-state index in [4.69, 9.17) is 10.5 Å². The molecule has 1 aliphatic rings. The molecular formula is C13H15F2NO3. The normalized spacial score (nSPS) is 21.9. The van der Waals surface area contributed by atoms with Gasteiger partial charge in [0.1, 0.15) is 11.9 Å². The van der Waals surface area contributed by atoms with Crippen LogP contribution in [0.25, 0.3) is 0 Å². The number of hydrogen-bond acceptors (Lipinski definition) is 4. The van der Waals surface area contributed by atoms with Crippen molar-refractivity contribution in [1.82, 2.24) is 0 Å². The molecule has 0 amide bonds. The maximum Gasteiger partial charge on any atom is 0.308 e. The number of ether oxygens (including phenoxy) is 2. The minimum absolute atomic E-state index is 0.121. The summed E-state index contributed by atoms with van der Waals surface area (Å²) in [7, 11) is 1.34. The first-order valence-electron chi connectivity index (χ1n) is 5.93. The number of alkyl halides is 2. The third-order valence-corrected chi connectivity index (χ3v) is 3.21. The zero-order valence-electron chi connectivity index (χ0n) is 10.4. The topological polar surface area (TPSA) is 61.5 Å². The molecular weight excluding hydrogens is 256 g/mol. The quantitative estimate of drug-likeness (QED) is 0.675. The van der Waals surface area contributed by atoms with Gasteiger partial charge in [-0.15, -0.1) is 0 Å². The van der Waals surface area contributed by atoms with Crippen LogP contribution in [0.5, 0.6) is 5.75 Å². The van der Waals surface area contributed by atoms with Crippen LogP contribution in [0.4, 0.5) is 14.5 Å². The number of carbonyl (C=O) groups is 1. The molecule has 1 fully saturated rings. The highest BCUT2D eigenvalue weighted by atomic mass is 19.3. The SMILES string of the molecule is COC(=O)[C@H]1C[C@H](Oc2ccc(C(F)F)cc2N)C1. The van der Waals surface area contributed by atoms with Crippen LogP contribution < -0.4 is 10.5 Å². The van der Waals surface area contributed by atoms with Gasteiger partial charge in [0, 0.05) is 5.56 Å². The van der Waals surface area contributed by atoms with Crippen LogP contribution in [0, 0.1) is 5.92 Å². The number of hydrogen-bond donors (Lipinski definition) is 1. The number of rotatable bonds is 4. The second-order valence-electron chi connectivity index (χ2n) is 4.53. The summed E-state index contributed by atoms with van der Waals surface area (Å²) in [5.41, 5.74) is 5.70. The first-order chi connectivity index (χ1) is 9.01. The zero-order chi connectivity index (χ0) is 14.0. The van der Waals surface area contributed by atoms with Crippen LogP contribution in [0.15, 0.2) is 18.2 Å². The van der Waals surface area contributed by atoms with E-state index < -0.39 is 6.43 Å². The Morgan fingerprint density at radius 2 is 2.11 bits per heavy atom. The standard InChI is InChI=1S/C13H15F2NO3/c1-18-13(17)8-4-9(5-8)19-11-3-2-7(12(14)15)6-10(11)16/h2-3,6,8-9,12H,4-5,16H2,1H3/t8-,9-. The highest BCUT2D eigenvalue weighted by molar-refractivity contribution is 5.73. The molecule has 2 rings (SSSR count). The van der Waals surface area contributed by atoms with Gasteiger partial charge in [0.05, 0.1) is 18.7 Å². The highest BCUT2D eigenvalue weighted by Gasteiger charge is 2.37. The molecule has 0 spiro atoms. The number of halogens is 2. The minimum atomic E-state index is -2.55. The number of nitrogen functional groups attached to an aromatic ring is 1. The van der Waals surface area contributed by atoms with Gasteiger partial charge in [-0.3, -0.25) is 4.79 Å². The number of carbonyl (C=O) groups excluding carboxylic acids is 1. The molecule has 0 bridgehead atoms. The Morgan fingerprint density at radius 3 is 2.63 bits per heavy atom. The first-order valence-corrected chi connectivity index (χ1v) is 5.93. The Hall–Kier alpha value is -1.85. The summed E-state index contributed by atoms with van der Waals surface area (Å²) >= 11 is 0. The van der Waals surface area contributed by atoms with E-state index in [0.29, 0.717) is 18.6 Å². The van der Waals surface area contributed by atoms with Gasteiger partial charge in [-0.05, 0) is 31.0 Å². The molecule has 4 nitrogen and oxygen atoms in total. The summed E-state index contributed by atoms with van der Waals surface area (Å²) in [6.45, 7) is 0. The largest absolute Gasteiger partial charge is 0.488 e. The molecule has 0 aromatic heterocycles. The lowest BCUT2D eigenvalue weighted by Crippen LogP contribution is -2.38. The number of nitrogens with two attached hydrogens (primary N) is 1. The number of methoxy groups -OCH3 is 1. The van der Waals surface area contributed by atoms with Crippen molar-refractivity contribution in [3.63, 3.8) is 0 Å². The lowest BCUT2D eigenvalue weighted by atomic mass is 9.82. The fourth-order valence-corrected chi connectivity index (χ4v) is 2.01. The van der Waals surface area contributed by atoms with Gasteiger partial charge in [0.25, 0.3) is 6.43 Å². The van der Waals surface area contributed by atoms with E-state index >= 15 is 0 Å². The van der Waals surface area contributed by atoms with Crippen LogP contribution >= 0.6 is 0 Å². The average Bonchev–Trinajstić information content (AvgIpc) is 2.33. The van der Waals surface area contributed by atoms with E-state index in [-0.39, 0.29) is 29.2 Å². The molecule has 0 heterocycles. The maximum absolute atomic E-state index is 12.4. The molecule has 0 unspecified atom stereocenters. The van der Waals surface area contributed by atoms with Gasteiger partial charge in [0.15, 0.2) is 0 Å². The van der Waals surface area contributed by atoms with Gasteiger partial charge in [-0.25, -0.2) is 8.78 Å². The summed E-state index contributed by atoms with van der Waals surface area (Å²) in [5.74, 6) is -0.0184. The Balaban J connectivity index is 1.93. The van der Waals surface area contributed by atoms with Crippen LogP contribution in [-0.4, -0.2) is 19.2 Å². The van der Waals surface area contributed by atoms with Crippen molar-refractivity contribution >= 4 is 11.7 Å². The molecule has 1 aromatic carbocycles. The summed E-state index contributed by atoms with van der Waals surface area (Å²) in [5, 5.41) is 0. The molecule has 104 valence electrons. The van der Waals surface area contributed by atoms with Gasteiger partial charge in [0.2, 0.25) is 0 Å². The fourth-order valence-electron chi connectivity index (χ4n) is 2.01. The van der Waals surface area contributed by atoms with E-state index in [1.807, 2.05) is 0 Å². The zero-order valence-corrected chi connectivity index (χ0v) is 10.4. The summed E-state index contributed by atoms with van der Waals surface area (Å²) in [6.07, 6.45) is -1.56. The van der Waals surface area contributed by atoms with E-state index in [9.17, 15) is 13.6 Å². The summed E-state index contributed by atoms with van der Waals surface area (Å²) < 4.78 is 35.1. The molecule has 6 heteroatoms. The van der Waals surface area contributed by atoms with Crippen LogP contribution in [-0.2, 0) is 9.53 Å². The molecule has 0 aliphatic heterocycles. The smallest absolute Gasteiger partial charge is 0.308 e. The monoisotopic (exact) mass is 271 g/mol. The van der Waals surface area contributed by atoms with E-state index in [1.165, 1.54) is 25.3 Å². The third kappa shape index (κ3) is 2.94. The second kappa shape index (κ2) is 5.42. The van der Waals surface area contributed by atoms with Gasteiger partial charge < -0.3 is 15.2 Å². The van der Waals surface area contributed by atoms with Crippen molar-refractivity contribution < 1.29 is 23.0 Å². The summed E-state index contributed by atoms with van der Waals surface area (Å²) in [4.78, 5) is 11.2. The Morgan fingerprint density at radius 1 is 1.42 bits per heavy atom. The lowest BCUT2D eigenvalue weighted by molar-refractivity contribution is -0.151. The van der Waals surface area contributed by atoms with Crippen molar-refractivity contribution in [1.29, 1.82) is 0 Å². The number of anilines is 1. The van der Waals surface area contributed by atoms with Crippen molar-refractivity contribution in [3.05, 3.63) is 23.8 Å². The van der Waals surface area contributed by atoms with E-state index in [1.54, 1.807) is 0 Å². The molecule has 1 aromatic rings. The molecule has 19 heavy (non-hydrogen) atoms. The van der Waals surface area contributed by atoms with Crippen molar-refractivity contribution in [2.45, 2.75) is 25.4 Å². The van der Waals surface area contributed by atoms with Crippen molar-refractivity contribution in [2.24, 2.45) is 5.92 Å². The maximum atomic E-state index is 12.4. The molecule has 0 saturated heterocycles. The van der Waals surface area contributed by atoms with E-state index in [0.717, 1.165) is 0 Å². The molecule has 0 atom stereocenters. The van der Waals surface area contributed by atoms with E-state index in [2.05, 4.69) is 4.74 Å². The highest BCUT2D eigenvalue weighted by Crippen LogP contribution is 2.35. The van der Waals surface area contributed by atoms with Crippen molar-refractivity contribution in [3.8, 4) is 5.75 Å². The molecule has 2 N–H and O–H groups in total. The van der Waals surface area contributed by atoms with Crippen LogP contribution in [0.1, 0.15) is 24.8 Å². The second-order valence-corrected chi connectivity index (χ2v) is 4.53. The van der Waals surface area contributed by atoms with Gasteiger partial charge in [-0.2, -0.15) is 0 Å². The van der Waals surface area contributed by atoms with Gasteiger partial charge >= 0.3 is 5.97 Å². The van der Waals surface area contributed by atoms with Crippen LogP contribution in [0.2, 0.25) is 0 Å². The predicted octanol–water partition coefficient (Wildman–Crippen LogP) is 2.54. The molecule has 0 radical (unpaired) electrons. The summed E-state index contributed by atoms with van der Waals surface area (Å²) in [6, 6.07) is 3.92. The minimum Gasteiger partial charge on any atom is -0.488 e. The first kappa shape index (κ1) is 13.6. The van der Waals surface area contributed by atoms with Gasteiger partial charge in [-0.1, -0.05) is 0 Å². The third-order valence-electron chi connectivity index (χ3n) is 3.21. The average molecular weight is 271 g/mol.